The van der Waals surface area contributed by atoms with E-state index in [9.17, 15) is 13.6 Å². The van der Waals surface area contributed by atoms with Gasteiger partial charge in [-0.2, -0.15) is 5.10 Å². The molecule has 1 aliphatic carbocycles. The smallest absolute Gasteiger partial charge is 0.316 e. The lowest BCUT2D eigenvalue weighted by Crippen LogP contribution is -2.50. The maximum atomic E-state index is 13.3. The second kappa shape index (κ2) is 9.13. The lowest BCUT2D eigenvalue weighted by molar-refractivity contribution is 0.0951. The number of amides is 2. The Labute approximate surface area is 207 Å². The van der Waals surface area contributed by atoms with Gasteiger partial charge < -0.3 is 10.2 Å². The second-order valence-corrected chi connectivity index (χ2v) is 9.92. The molecule has 0 saturated carbocycles. The number of likely N-dealkylation sites (tertiary alicyclic amines) is 1. The number of H-pyrrole nitrogens is 1. The average Bonchev–Trinajstić information content (AvgIpc) is 3.46. The molecule has 186 valence electrons. The van der Waals surface area contributed by atoms with E-state index in [1.807, 2.05) is 42.2 Å². The first kappa shape index (κ1) is 22.8. The molecular weight excluding hydrogens is 462 g/mol. The molecule has 0 bridgehead atoms. The fourth-order valence-corrected chi connectivity index (χ4v) is 5.89. The second-order valence-electron chi connectivity index (χ2n) is 9.92. The summed E-state index contributed by atoms with van der Waals surface area (Å²) in [5, 5.41) is 11.6. The third-order valence-corrected chi connectivity index (χ3v) is 7.57. The van der Waals surface area contributed by atoms with Crippen molar-refractivity contribution in [3.8, 4) is 11.3 Å². The molecule has 1 aromatic carbocycles. The van der Waals surface area contributed by atoms with Gasteiger partial charge in [0, 0.05) is 48.2 Å². The van der Waals surface area contributed by atoms with Crippen LogP contribution in [-0.4, -0.2) is 63.1 Å². The zero-order valence-corrected chi connectivity index (χ0v) is 20.0. The van der Waals surface area contributed by atoms with Gasteiger partial charge in [-0.15, -0.1) is 0 Å². The lowest BCUT2D eigenvalue weighted by atomic mass is 9.83. The molecule has 2 N–H and O–H groups in total. The number of nitrogens with zero attached hydrogens (tertiary/aromatic N) is 4. The Balaban J connectivity index is 1.33. The molecule has 2 amide bonds. The highest BCUT2D eigenvalue weighted by atomic mass is 19.3. The normalized spacial score (nSPS) is 24.1. The number of aromatic nitrogens is 3. The molecule has 1 saturated heterocycles. The monoisotopic (exact) mass is 490 g/mol. The number of nitrogens with one attached hydrogen (secondary N) is 2. The van der Waals surface area contributed by atoms with Gasteiger partial charge in [-0.05, 0) is 55.0 Å². The molecule has 7 nitrogen and oxygen atoms in total. The molecule has 3 atom stereocenters. The molecule has 3 aliphatic rings. The van der Waals surface area contributed by atoms with Crippen LogP contribution in [-0.2, 0) is 6.54 Å². The first-order chi connectivity index (χ1) is 17.5. The molecule has 36 heavy (non-hydrogen) atoms. The van der Waals surface area contributed by atoms with Crippen LogP contribution in [0, 0.1) is 18.8 Å². The Morgan fingerprint density at radius 2 is 2.08 bits per heavy atom. The number of urea groups is 1. The highest BCUT2D eigenvalue weighted by Crippen LogP contribution is 2.38. The van der Waals surface area contributed by atoms with Gasteiger partial charge in [-0.25, -0.2) is 13.6 Å². The largest absolute Gasteiger partial charge is 0.322 e. The Hall–Kier alpha value is -3.59. The van der Waals surface area contributed by atoms with E-state index in [-0.39, 0.29) is 30.5 Å². The number of allylic oxidation sites excluding steroid dienone is 4. The minimum Gasteiger partial charge on any atom is -0.316 e. The average molecular weight is 491 g/mol. The van der Waals surface area contributed by atoms with Crippen molar-refractivity contribution in [3.05, 3.63) is 66.0 Å². The van der Waals surface area contributed by atoms with E-state index < -0.39 is 6.43 Å². The molecule has 6 rings (SSSR count). The number of fused-ring (bicyclic) bond motifs is 2. The molecule has 1 unspecified atom stereocenters. The molecule has 3 aromatic rings. The van der Waals surface area contributed by atoms with Crippen LogP contribution in [0.25, 0.3) is 22.2 Å². The molecule has 0 spiro atoms. The van der Waals surface area contributed by atoms with Gasteiger partial charge in [-0.1, -0.05) is 24.3 Å². The van der Waals surface area contributed by atoms with E-state index >= 15 is 0 Å². The summed E-state index contributed by atoms with van der Waals surface area (Å²) in [7, 11) is 0. The summed E-state index contributed by atoms with van der Waals surface area (Å²) >= 11 is 0. The van der Waals surface area contributed by atoms with Gasteiger partial charge in [-0.3, -0.25) is 15.0 Å². The standard InChI is InChI=1S/C27H28F2N6O/c1-16-9-18(7-8-30-16)26-20-10-19-12-35(27(36)31-22(19)11-23(20)32-33-26)24-14-34(15-25(28)29)13-21(24)17-5-3-2-4-6-17/h2-5,7-11,17,21,24-25H,6,12-15H2,1H3,(H,31,36)(H,32,33)/t17?,21-,24+/m1/s1. The van der Waals surface area contributed by atoms with E-state index in [0.29, 0.717) is 19.6 Å². The van der Waals surface area contributed by atoms with Gasteiger partial charge in [0.2, 0.25) is 0 Å². The fraction of sp³-hybridized carbons (Fsp3) is 0.370. The van der Waals surface area contributed by atoms with Crippen LogP contribution < -0.4 is 5.32 Å². The zero-order valence-electron chi connectivity index (χ0n) is 20.0. The number of carbonyl (C=O) groups is 1. The summed E-state index contributed by atoms with van der Waals surface area (Å²) in [6.07, 6.45) is 8.52. The van der Waals surface area contributed by atoms with Crippen LogP contribution in [0.3, 0.4) is 0 Å². The molecule has 0 radical (unpaired) electrons. The summed E-state index contributed by atoms with van der Waals surface area (Å²) in [6.45, 7) is 3.10. The van der Waals surface area contributed by atoms with Crippen molar-refractivity contribution in [2.75, 3.05) is 25.0 Å². The molecule has 9 heteroatoms. The Kier molecular flexibility index (Phi) is 5.79. The first-order valence-electron chi connectivity index (χ1n) is 12.3. The maximum Gasteiger partial charge on any atom is 0.322 e. The van der Waals surface area contributed by atoms with Crippen molar-refractivity contribution >= 4 is 22.6 Å². The van der Waals surface area contributed by atoms with Crippen LogP contribution in [0.2, 0.25) is 0 Å². The van der Waals surface area contributed by atoms with Crippen molar-refractivity contribution < 1.29 is 13.6 Å². The van der Waals surface area contributed by atoms with Gasteiger partial charge in [0.15, 0.2) is 0 Å². The third kappa shape index (κ3) is 4.17. The van der Waals surface area contributed by atoms with Crippen LogP contribution in [0.15, 0.2) is 54.8 Å². The predicted octanol–water partition coefficient (Wildman–Crippen LogP) is 4.98. The Morgan fingerprint density at radius 3 is 2.86 bits per heavy atom. The number of benzene rings is 1. The van der Waals surface area contributed by atoms with E-state index in [1.54, 1.807) is 11.1 Å². The van der Waals surface area contributed by atoms with E-state index in [0.717, 1.165) is 45.5 Å². The highest BCUT2D eigenvalue weighted by molar-refractivity contribution is 6.00. The number of hydrogen-bond acceptors (Lipinski definition) is 4. The minimum atomic E-state index is -2.40. The van der Waals surface area contributed by atoms with Crippen molar-refractivity contribution in [3.63, 3.8) is 0 Å². The Morgan fingerprint density at radius 1 is 1.19 bits per heavy atom. The van der Waals surface area contributed by atoms with Crippen LogP contribution in [0.4, 0.5) is 19.3 Å². The zero-order chi connectivity index (χ0) is 24.8. The Bertz CT molecular complexity index is 1370. The van der Waals surface area contributed by atoms with Gasteiger partial charge >= 0.3 is 6.03 Å². The molecule has 1 fully saturated rings. The summed E-state index contributed by atoms with van der Waals surface area (Å²) in [6, 6.07) is 7.60. The quantitative estimate of drug-likeness (QED) is 0.529. The van der Waals surface area contributed by atoms with Crippen molar-refractivity contribution in [2.45, 2.75) is 32.4 Å². The van der Waals surface area contributed by atoms with E-state index in [1.165, 1.54) is 0 Å². The SMILES string of the molecule is Cc1cc(-c2n[nH]c3cc4c(cc23)CN([C@H]2CN(CC(F)F)C[C@@H]2C2C=CC=CC2)C(=O)N4)ccn1. The number of pyridine rings is 1. The first-order valence-corrected chi connectivity index (χ1v) is 12.3. The minimum absolute atomic E-state index is 0.0882. The van der Waals surface area contributed by atoms with Crippen LogP contribution in [0.5, 0.6) is 0 Å². The van der Waals surface area contributed by atoms with E-state index in [4.69, 9.17) is 0 Å². The highest BCUT2D eigenvalue weighted by Gasteiger charge is 2.43. The summed E-state index contributed by atoms with van der Waals surface area (Å²) in [4.78, 5) is 21.2. The number of carbonyl (C=O) groups excluding carboxylic acids is 1. The van der Waals surface area contributed by atoms with Crippen LogP contribution in [0.1, 0.15) is 17.7 Å². The number of hydrogen-bond donors (Lipinski definition) is 2. The fourth-order valence-electron chi connectivity index (χ4n) is 5.89. The van der Waals surface area contributed by atoms with E-state index in [2.05, 4.69) is 38.7 Å². The lowest BCUT2D eigenvalue weighted by Gasteiger charge is -2.38. The number of aryl methyl sites for hydroxylation is 1. The van der Waals surface area contributed by atoms with Gasteiger partial charge in [0.25, 0.3) is 6.43 Å². The summed E-state index contributed by atoms with van der Waals surface area (Å²) in [5.74, 6) is 0.306. The number of rotatable bonds is 5. The number of aromatic amines is 1. The number of anilines is 1. The van der Waals surface area contributed by atoms with Gasteiger partial charge in [0.05, 0.1) is 18.1 Å². The number of alkyl halides is 2. The molecule has 4 heterocycles. The molecule has 2 aromatic heterocycles. The molecular formula is C27H28F2N6O. The topological polar surface area (TPSA) is 77.2 Å². The van der Waals surface area contributed by atoms with Gasteiger partial charge in [0.1, 0.15) is 5.69 Å². The predicted molar refractivity (Wildman–Crippen MR) is 135 cm³/mol. The van der Waals surface area contributed by atoms with Crippen LogP contribution >= 0.6 is 0 Å². The molecule has 2 aliphatic heterocycles. The van der Waals surface area contributed by atoms with Crippen molar-refractivity contribution in [1.29, 1.82) is 0 Å². The summed E-state index contributed by atoms with van der Waals surface area (Å²) in [5.41, 5.74) is 5.30. The van der Waals surface area contributed by atoms with Crippen molar-refractivity contribution in [2.24, 2.45) is 11.8 Å². The number of halogens is 2. The maximum absolute atomic E-state index is 13.3. The third-order valence-electron chi connectivity index (χ3n) is 7.57. The summed E-state index contributed by atoms with van der Waals surface area (Å²) < 4.78 is 26.5. The van der Waals surface area contributed by atoms with Crippen molar-refractivity contribution in [1.82, 2.24) is 25.0 Å².